The van der Waals surface area contributed by atoms with Crippen LogP contribution in [0.4, 0.5) is 10.2 Å². The molecule has 2 aromatic rings. The van der Waals surface area contributed by atoms with E-state index in [-0.39, 0.29) is 11.3 Å². The highest BCUT2D eigenvalue weighted by Gasteiger charge is 2.10. The Bertz CT molecular complexity index is 507. The Morgan fingerprint density at radius 2 is 2.23 bits per heavy atom. The number of anilines is 1. The molecular formula is C9H6FN3. The van der Waals surface area contributed by atoms with Crippen molar-refractivity contribution < 1.29 is 4.39 Å². The monoisotopic (exact) mass is 175 g/mol. The van der Waals surface area contributed by atoms with Gasteiger partial charge >= 0.3 is 0 Å². The molecule has 0 radical (unpaired) electrons. The summed E-state index contributed by atoms with van der Waals surface area (Å²) in [5.41, 5.74) is 6.08. The van der Waals surface area contributed by atoms with Crippen molar-refractivity contribution in [1.29, 1.82) is 5.26 Å². The third kappa shape index (κ3) is 0.942. The van der Waals surface area contributed by atoms with Gasteiger partial charge in [0.2, 0.25) is 0 Å². The molecule has 0 unspecified atom stereocenters. The lowest BCUT2D eigenvalue weighted by molar-refractivity contribution is 0.637. The number of hydrogen-bond acceptors (Lipinski definition) is 2. The number of nitrogens with zero attached hydrogens (tertiary/aromatic N) is 1. The predicted octanol–water partition coefficient (Wildman–Crippen LogP) is 1.76. The quantitative estimate of drug-likeness (QED) is 0.640. The highest BCUT2D eigenvalue weighted by Crippen LogP contribution is 2.24. The van der Waals surface area contributed by atoms with E-state index in [1.807, 2.05) is 6.07 Å². The lowest BCUT2D eigenvalue weighted by Crippen LogP contribution is -1.86. The Morgan fingerprint density at radius 3 is 2.92 bits per heavy atom. The minimum atomic E-state index is -0.398. The molecule has 2 rings (SSSR count). The van der Waals surface area contributed by atoms with Gasteiger partial charge in [0, 0.05) is 5.39 Å². The molecule has 0 bridgehead atoms. The van der Waals surface area contributed by atoms with Crippen LogP contribution in [-0.2, 0) is 0 Å². The molecule has 1 heterocycles. The SMILES string of the molecule is N#Cc1c(N)[nH]c2c(F)cccc12. The van der Waals surface area contributed by atoms with Gasteiger partial charge in [-0.05, 0) is 6.07 Å². The molecular weight excluding hydrogens is 169 g/mol. The van der Waals surface area contributed by atoms with Crippen LogP contribution in [0.3, 0.4) is 0 Å². The van der Waals surface area contributed by atoms with E-state index in [9.17, 15) is 4.39 Å². The second-order valence-corrected chi connectivity index (χ2v) is 2.69. The molecule has 0 spiro atoms. The van der Waals surface area contributed by atoms with E-state index >= 15 is 0 Å². The minimum absolute atomic E-state index is 0.211. The van der Waals surface area contributed by atoms with E-state index in [0.717, 1.165) is 0 Å². The van der Waals surface area contributed by atoms with Crippen LogP contribution >= 0.6 is 0 Å². The maximum Gasteiger partial charge on any atom is 0.147 e. The van der Waals surface area contributed by atoms with Crippen molar-refractivity contribution in [1.82, 2.24) is 4.98 Å². The first kappa shape index (κ1) is 7.62. The number of benzene rings is 1. The number of H-pyrrole nitrogens is 1. The maximum absolute atomic E-state index is 13.1. The maximum atomic E-state index is 13.1. The van der Waals surface area contributed by atoms with Gasteiger partial charge in [-0.3, -0.25) is 0 Å². The van der Waals surface area contributed by atoms with E-state index in [2.05, 4.69) is 4.98 Å². The molecule has 13 heavy (non-hydrogen) atoms. The molecule has 0 saturated heterocycles. The summed E-state index contributed by atoms with van der Waals surface area (Å²) >= 11 is 0. The van der Waals surface area contributed by atoms with Gasteiger partial charge in [-0.2, -0.15) is 5.26 Å². The highest BCUT2D eigenvalue weighted by molar-refractivity contribution is 5.91. The van der Waals surface area contributed by atoms with E-state index in [0.29, 0.717) is 10.9 Å². The van der Waals surface area contributed by atoms with Crippen LogP contribution in [0.5, 0.6) is 0 Å². The number of halogens is 1. The first-order valence-corrected chi connectivity index (χ1v) is 3.70. The van der Waals surface area contributed by atoms with Crippen molar-refractivity contribution in [2.45, 2.75) is 0 Å². The fourth-order valence-electron chi connectivity index (χ4n) is 1.32. The second-order valence-electron chi connectivity index (χ2n) is 2.69. The Labute approximate surface area is 73.6 Å². The van der Waals surface area contributed by atoms with Crippen LogP contribution < -0.4 is 5.73 Å². The average Bonchev–Trinajstić information content (AvgIpc) is 2.43. The summed E-state index contributed by atoms with van der Waals surface area (Å²) < 4.78 is 13.1. The third-order valence-corrected chi connectivity index (χ3v) is 1.92. The smallest absolute Gasteiger partial charge is 0.147 e. The van der Waals surface area contributed by atoms with Crippen LogP contribution in [0.1, 0.15) is 5.56 Å². The number of aromatic amines is 1. The van der Waals surface area contributed by atoms with Crippen LogP contribution in [0, 0.1) is 17.1 Å². The molecule has 3 nitrogen and oxygen atoms in total. The van der Waals surface area contributed by atoms with Gasteiger partial charge in [-0.25, -0.2) is 4.39 Å². The van der Waals surface area contributed by atoms with Crippen molar-refractivity contribution in [3.63, 3.8) is 0 Å². The van der Waals surface area contributed by atoms with Crippen LogP contribution in [0.15, 0.2) is 18.2 Å². The number of rotatable bonds is 0. The zero-order valence-electron chi connectivity index (χ0n) is 6.63. The minimum Gasteiger partial charge on any atom is -0.384 e. The number of nitriles is 1. The largest absolute Gasteiger partial charge is 0.384 e. The van der Waals surface area contributed by atoms with Crippen molar-refractivity contribution >= 4 is 16.7 Å². The zero-order chi connectivity index (χ0) is 9.42. The van der Waals surface area contributed by atoms with E-state index in [4.69, 9.17) is 11.0 Å². The molecule has 0 aliphatic rings. The topological polar surface area (TPSA) is 65.6 Å². The first-order chi connectivity index (χ1) is 6.24. The zero-order valence-corrected chi connectivity index (χ0v) is 6.63. The van der Waals surface area contributed by atoms with Crippen LogP contribution in [-0.4, -0.2) is 4.98 Å². The third-order valence-electron chi connectivity index (χ3n) is 1.92. The lowest BCUT2D eigenvalue weighted by Gasteiger charge is -1.89. The molecule has 0 amide bonds. The Kier molecular flexibility index (Phi) is 1.46. The Balaban J connectivity index is 2.96. The van der Waals surface area contributed by atoms with Gasteiger partial charge in [-0.1, -0.05) is 12.1 Å². The number of nitrogens with one attached hydrogen (secondary N) is 1. The van der Waals surface area contributed by atoms with Crippen LogP contribution in [0.2, 0.25) is 0 Å². The van der Waals surface area contributed by atoms with Gasteiger partial charge in [0.05, 0.1) is 5.52 Å². The van der Waals surface area contributed by atoms with Crippen molar-refractivity contribution in [2.75, 3.05) is 5.73 Å². The van der Waals surface area contributed by atoms with E-state index in [1.54, 1.807) is 12.1 Å². The normalized spacial score (nSPS) is 10.2. The van der Waals surface area contributed by atoms with Gasteiger partial charge in [0.1, 0.15) is 23.3 Å². The van der Waals surface area contributed by atoms with E-state index < -0.39 is 5.82 Å². The number of hydrogen-bond donors (Lipinski definition) is 2. The van der Waals surface area contributed by atoms with Crippen molar-refractivity contribution in [3.05, 3.63) is 29.6 Å². The fraction of sp³-hybridized carbons (Fsp3) is 0. The summed E-state index contributed by atoms with van der Waals surface area (Å²) in [7, 11) is 0. The predicted molar refractivity (Wildman–Crippen MR) is 47.4 cm³/mol. The number of para-hydroxylation sites is 1. The molecule has 0 saturated carbocycles. The number of nitrogens with two attached hydrogens (primary N) is 1. The summed E-state index contributed by atoms with van der Waals surface area (Å²) in [6.45, 7) is 0. The number of nitrogen functional groups attached to an aromatic ring is 1. The standard InChI is InChI=1S/C9H6FN3/c10-7-3-1-2-5-6(4-11)9(12)13-8(5)7/h1-3,13H,12H2. The average molecular weight is 175 g/mol. The fourth-order valence-corrected chi connectivity index (χ4v) is 1.32. The Hall–Kier alpha value is -2.02. The van der Waals surface area contributed by atoms with Gasteiger partial charge in [0.15, 0.2) is 0 Å². The summed E-state index contributed by atoms with van der Waals surface area (Å²) in [6, 6.07) is 6.45. The summed E-state index contributed by atoms with van der Waals surface area (Å²) in [6.07, 6.45) is 0. The first-order valence-electron chi connectivity index (χ1n) is 3.70. The number of fused-ring (bicyclic) bond motifs is 1. The molecule has 0 fully saturated rings. The Morgan fingerprint density at radius 1 is 1.46 bits per heavy atom. The molecule has 64 valence electrons. The molecule has 0 aliphatic heterocycles. The molecule has 1 aromatic carbocycles. The molecule has 4 heteroatoms. The van der Waals surface area contributed by atoms with Gasteiger partial charge < -0.3 is 10.7 Å². The van der Waals surface area contributed by atoms with Crippen molar-refractivity contribution in [2.24, 2.45) is 0 Å². The van der Waals surface area contributed by atoms with Crippen molar-refractivity contribution in [3.8, 4) is 6.07 Å². The lowest BCUT2D eigenvalue weighted by atomic mass is 10.2. The molecule has 0 aliphatic carbocycles. The van der Waals surface area contributed by atoms with Crippen LogP contribution in [0.25, 0.3) is 10.9 Å². The summed E-state index contributed by atoms with van der Waals surface area (Å²) in [4.78, 5) is 2.63. The molecule has 1 aromatic heterocycles. The second kappa shape index (κ2) is 2.49. The molecule has 0 atom stereocenters. The van der Waals surface area contributed by atoms with Gasteiger partial charge in [-0.15, -0.1) is 0 Å². The van der Waals surface area contributed by atoms with E-state index in [1.165, 1.54) is 6.07 Å². The number of aromatic nitrogens is 1. The van der Waals surface area contributed by atoms with Gasteiger partial charge in [0.25, 0.3) is 0 Å². The summed E-state index contributed by atoms with van der Waals surface area (Å²) in [5.74, 6) is -0.187. The summed E-state index contributed by atoms with van der Waals surface area (Å²) in [5, 5.41) is 9.25. The molecule has 3 N–H and O–H groups in total. The highest BCUT2D eigenvalue weighted by atomic mass is 19.1.